The number of urea groups is 1. The largest absolute Gasteiger partial charge is 0.493 e. The molecular formula is C16H20N2O5. The number of benzene rings is 1. The van der Waals surface area contributed by atoms with Gasteiger partial charge in [-0.15, -0.1) is 0 Å². The zero-order valence-electron chi connectivity index (χ0n) is 13.6. The van der Waals surface area contributed by atoms with Gasteiger partial charge in [0.05, 0.1) is 26.9 Å². The molecule has 124 valence electrons. The van der Waals surface area contributed by atoms with Gasteiger partial charge in [0.25, 0.3) is 0 Å². The Morgan fingerprint density at radius 1 is 1.22 bits per heavy atom. The maximum absolute atomic E-state index is 12.0. The van der Waals surface area contributed by atoms with Crippen molar-refractivity contribution in [3.05, 3.63) is 35.0 Å². The molecule has 1 heterocycles. The Hall–Kier alpha value is -2.70. The number of hydrogen-bond acceptors (Lipinski definition) is 5. The van der Waals surface area contributed by atoms with Gasteiger partial charge in [-0.1, -0.05) is 6.07 Å². The van der Waals surface area contributed by atoms with Gasteiger partial charge < -0.3 is 24.8 Å². The molecule has 0 saturated carbocycles. The summed E-state index contributed by atoms with van der Waals surface area (Å²) in [6.07, 6.45) is 0. The zero-order chi connectivity index (χ0) is 17.0. The van der Waals surface area contributed by atoms with Crippen LogP contribution in [0.3, 0.4) is 0 Å². The van der Waals surface area contributed by atoms with Gasteiger partial charge in [0.15, 0.2) is 11.5 Å². The van der Waals surface area contributed by atoms with E-state index in [9.17, 15) is 9.59 Å². The number of carbonyl (C=O) groups is 2. The maximum Gasteiger partial charge on any atom is 0.354 e. The summed E-state index contributed by atoms with van der Waals surface area (Å²) < 4.78 is 15.5. The van der Waals surface area contributed by atoms with Crippen LogP contribution in [0.2, 0.25) is 0 Å². The molecule has 0 radical (unpaired) electrons. The molecule has 7 heteroatoms. The summed E-state index contributed by atoms with van der Waals surface area (Å²) in [4.78, 5) is 23.9. The normalized spacial score (nSPS) is 17.2. The van der Waals surface area contributed by atoms with Crippen molar-refractivity contribution in [3.8, 4) is 11.5 Å². The second-order valence-corrected chi connectivity index (χ2v) is 4.92. The Bertz CT molecular complexity index is 654. The minimum atomic E-state index is -0.551. The van der Waals surface area contributed by atoms with Crippen molar-refractivity contribution in [1.82, 2.24) is 10.6 Å². The third-order valence-electron chi connectivity index (χ3n) is 3.56. The van der Waals surface area contributed by atoms with Crippen LogP contribution in [0.5, 0.6) is 11.5 Å². The molecular weight excluding hydrogens is 300 g/mol. The SMILES string of the molecule is CCOC(=O)C1=C(C)C(c2ccc(OC)c(OC)c2)NC(=O)N1. The number of esters is 1. The first-order valence-corrected chi connectivity index (χ1v) is 7.19. The van der Waals surface area contributed by atoms with Gasteiger partial charge in [-0.2, -0.15) is 0 Å². The first kappa shape index (κ1) is 16.7. The van der Waals surface area contributed by atoms with Crippen LogP contribution in [0, 0.1) is 0 Å². The van der Waals surface area contributed by atoms with E-state index in [1.165, 1.54) is 7.11 Å². The Balaban J connectivity index is 2.43. The summed E-state index contributed by atoms with van der Waals surface area (Å²) in [5.41, 5.74) is 1.60. The highest BCUT2D eigenvalue weighted by Crippen LogP contribution is 2.33. The van der Waals surface area contributed by atoms with Gasteiger partial charge >= 0.3 is 12.0 Å². The van der Waals surface area contributed by atoms with Crippen LogP contribution < -0.4 is 20.1 Å². The molecule has 0 aliphatic carbocycles. The van der Waals surface area contributed by atoms with Gasteiger partial charge in [0.2, 0.25) is 0 Å². The van der Waals surface area contributed by atoms with Crippen LogP contribution in [-0.2, 0) is 9.53 Å². The van der Waals surface area contributed by atoms with E-state index in [1.807, 2.05) is 6.07 Å². The first-order valence-electron chi connectivity index (χ1n) is 7.19. The average Bonchev–Trinajstić information content (AvgIpc) is 2.56. The molecule has 1 aromatic carbocycles. The number of rotatable bonds is 5. The van der Waals surface area contributed by atoms with Crippen molar-refractivity contribution >= 4 is 12.0 Å². The fourth-order valence-corrected chi connectivity index (χ4v) is 2.41. The van der Waals surface area contributed by atoms with Gasteiger partial charge in [0.1, 0.15) is 5.70 Å². The molecule has 2 N–H and O–H groups in total. The molecule has 0 saturated heterocycles. The zero-order valence-corrected chi connectivity index (χ0v) is 13.6. The Morgan fingerprint density at radius 2 is 1.91 bits per heavy atom. The molecule has 1 aromatic rings. The molecule has 1 aliphatic heterocycles. The summed E-state index contributed by atoms with van der Waals surface area (Å²) in [5, 5.41) is 5.29. The summed E-state index contributed by atoms with van der Waals surface area (Å²) >= 11 is 0. The number of ether oxygens (including phenoxy) is 3. The number of hydrogen-bond donors (Lipinski definition) is 2. The van der Waals surface area contributed by atoms with Gasteiger partial charge in [-0.3, -0.25) is 0 Å². The van der Waals surface area contributed by atoms with Crippen LogP contribution in [0.4, 0.5) is 4.79 Å². The van der Waals surface area contributed by atoms with Gasteiger partial charge in [-0.25, -0.2) is 9.59 Å². The minimum absolute atomic E-state index is 0.162. The summed E-state index contributed by atoms with van der Waals surface area (Å²) in [6.45, 7) is 3.71. The predicted octanol–water partition coefficient (Wildman–Crippen LogP) is 1.89. The van der Waals surface area contributed by atoms with Crippen LogP contribution in [0.25, 0.3) is 0 Å². The second kappa shape index (κ2) is 7.04. The Labute approximate surface area is 134 Å². The molecule has 1 aliphatic rings. The highest BCUT2D eigenvalue weighted by Gasteiger charge is 2.30. The minimum Gasteiger partial charge on any atom is -0.493 e. The van der Waals surface area contributed by atoms with Crippen molar-refractivity contribution in [2.24, 2.45) is 0 Å². The molecule has 0 bridgehead atoms. The highest BCUT2D eigenvalue weighted by atomic mass is 16.5. The Kier molecular flexibility index (Phi) is 5.10. The number of methoxy groups -OCH3 is 2. The highest BCUT2D eigenvalue weighted by molar-refractivity contribution is 5.96. The molecule has 2 amide bonds. The first-order chi connectivity index (χ1) is 11.0. The lowest BCUT2D eigenvalue weighted by Gasteiger charge is -2.28. The molecule has 23 heavy (non-hydrogen) atoms. The molecule has 7 nitrogen and oxygen atoms in total. The van der Waals surface area contributed by atoms with Crippen LogP contribution in [-0.4, -0.2) is 32.8 Å². The van der Waals surface area contributed by atoms with Gasteiger partial charge in [0, 0.05) is 0 Å². The van der Waals surface area contributed by atoms with Crippen molar-refractivity contribution in [1.29, 1.82) is 0 Å². The fourth-order valence-electron chi connectivity index (χ4n) is 2.41. The third-order valence-corrected chi connectivity index (χ3v) is 3.56. The fraction of sp³-hybridized carbons (Fsp3) is 0.375. The summed E-state index contributed by atoms with van der Waals surface area (Å²) in [6, 6.07) is 4.41. The van der Waals surface area contributed by atoms with E-state index in [-0.39, 0.29) is 12.3 Å². The second-order valence-electron chi connectivity index (χ2n) is 4.92. The molecule has 2 rings (SSSR count). The van der Waals surface area contributed by atoms with E-state index in [1.54, 1.807) is 33.1 Å². The molecule has 1 atom stereocenters. The lowest BCUT2D eigenvalue weighted by molar-refractivity contribution is -0.139. The Morgan fingerprint density at radius 3 is 2.52 bits per heavy atom. The van der Waals surface area contributed by atoms with Crippen molar-refractivity contribution in [3.63, 3.8) is 0 Å². The summed E-state index contributed by atoms with van der Waals surface area (Å²) in [7, 11) is 3.09. The van der Waals surface area contributed by atoms with Crippen molar-refractivity contribution in [2.75, 3.05) is 20.8 Å². The van der Waals surface area contributed by atoms with E-state index in [4.69, 9.17) is 14.2 Å². The smallest absolute Gasteiger partial charge is 0.354 e. The topological polar surface area (TPSA) is 85.9 Å². The predicted molar refractivity (Wildman–Crippen MR) is 83.3 cm³/mol. The quantitative estimate of drug-likeness (QED) is 0.809. The van der Waals surface area contributed by atoms with Crippen molar-refractivity contribution < 1.29 is 23.8 Å². The summed E-state index contributed by atoms with van der Waals surface area (Å²) in [5.74, 6) is 0.581. The number of nitrogens with one attached hydrogen (secondary N) is 2. The maximum atomic E-state index is 12.0. The van der Waals surface area contributed by atoms with E-state index < -0.39 is 18.0 Å². The van der Waals surface area contributed by atoms with Crippen LogP contribution >= 0.6 is 0 Å². The lowest BCUT2D eigenvalue weighted by atomic mass is 9.96. The molecule has 0 fully saturated rings. The average molecular weight is 320 g/mol. The van der Waals surface area contributed by atoms with E-state index >= 15 is 0 Å². The number of carbonyl (C=O) groups excluding carboxylic acids is 2. The number of amides is 2. The molecule has 0 spiro atoms. The van der Waals surface area contributed by atoms with Crippen LogP contribution in [0.15, 0.2) is 29.5 Å². The van der Waals surface area contributed by atoms with Crippen LogP contribution in [0.1, 0.15) is 25.5 Å². The molecule has 1 unspecified atom stereocenters. The van der Waals surface area contributed by atoms with Gasteiger partial charge in [-0.05, 0) is 37.1 Å². The monoisotopic (exact) mass is 320 g/mol. The standard InChI is InChI=1S/C16H20N2O5/c1-5-23-15(19)14-9(2)13(17-16(20)18-14)10-6-7-11(21-3)12(8-10)22-4/h6-8,13H,5H2,1-4H3,(H2,17,18,20). The molecule has 0 aromatic heterocycles. The van der Waals surface area contributed by atoms with E-state index in [2.05, 4.69) is 10.6 Å². The lowest BCUT2D eigenvalue weighted by Crippen LogP contribution is -2.45. The third kappa shape index (κ3) is 3.39. The van der Waals surface area contributed by atoms with Crippen molar-refractivity contribution in [2.45, 2.75) is 19.9 Å². The van der Waals surface area contributed by atoms with E-state index in [0.29, 0.717) is 17.1 Å². The van der Waals surface area contributed by atoms with E-state index in [0.717, 1.165) is 5.56 Å².